The summed E-state index contributed by atoms with van der Waals surface area (Å²) >= 11 is 1.94. The maximum Gasteiger partial charge on any atom is 0.203 e. The minimum absolute atomic E-state index is 0.214. The molecule has 0 aliphatic heterocycles. The van der Waals surface area contributed by atoms with E-state index in [0.29, 0.717) is 23.3 Å². The lowest BCUT2D eigenvalue weighted by Crippen LogP contribution is -2.31. The second kappa shape index (κ2) is 9.05. The maximum atomic E-state index is 5.40. The van der Waals surface area contributed by atoms with Crippen molar-refractivity contribution in [2.24, 2.45) is 0 Å². The summed E-state index contributed by atoms with van der Waals surface area (Å²) in [6.07, 6.45) is 0. The topological polar surface area (TPSA) is 39.7 Å². The molecule has 0 heterocycles. The van der Waals surface area contributed by atoms with Crippen molar-refractivity contribution in [3.05, 3.63) is 17.7 Å². The first-order valence-electron chi connectivity index (χ1n) is 7.21. The molecule has 1 N–H and O–H groups in total. The van der Waals surface area contributed by atoms with Crippen LogP contribution in [0.1, 0.15) is 32.4 Å². The van der Waals surface area contributed by atoms with E-state index >= 15 is 0 Å². The van der Waals surface area contributed by atoms with E-state index in [-0.39, 0.29) is 6.04 Å². The first-order chi connectivity index (χ1) is 10.1. The fraction of sp³-hybridized carbons (Fsp3) is 0.625. The smallest absolute Gasteiger partial charge is 0.203 e. The molecule has 21 heavy (non-hydrogen) atoms. The predicted octanol–water partition coefficient (Wildman–Crippen LogP) is 3.50. The number of rotatable bonds is 9. The van der Waals surface area contributed by atoms with Gasteiger partial charge in [-0.3, -0.25) is 0 Å². The molecule has 1 rings (SSSR count). The van der Waals surface area contributed by atoms with Crippen LogP contribution < -0.4 is 19.5 Å². The predicted molar refractivity (Wildman–Crippen MR) is 90.1 cm³/mol. The number of nitrogens with one attached hydrogen (secondary N) is 1. The number of ether oxygens (including phenoxy) is 3. The molecule has 1 aromatic carbocycles. The van der Waals surface area contributed by atoms with Crippen LogP contribution in [0.2, 0.25) is 0 Å². The minimum atomic E-state index is 0.214. The molecule has 0 saturated heterocycles. The van der Waals surface area contributed by atoms with Gasteiger partial charge in [0.15, 0.2) is 11.5 Å². The lowest BCUT2D eigenvalue weighted by molar-refractivity contribution is 0.323. The minimum Gasteiger partial charge on any atom is -0.493 e. The summed E-state index contributed by atoms with van der Waals surface area (Å²) < 4.78 is 16.2. The fourth-order valence-electron chi connectivity index (χ4n) is 2.22. The fourth-order valence-corrected chi connectivity index (χ4v) is 2.90. The molecule has 120 valence electrons. The van der Waals surface area contributed by atoms with Gasteiger partial charge in [0, 0.05) is 17.8 Å². The average Bonchev–Trinajstić information content (AvgIpc) is 2.51. The van der Waals surface area contributed by atoms with Crippen LogP contribution in [0.15, 0.2) is 12.1 Å². The van der Waals surface area contributed by atoms with Crippen molar-refractivity contribution in [2.75, 3.05) is 32.8 Å². The molecule has 0 aliphatic rings. The number of benzene rings is 1. The van der Waals surface area contributed by atoms with Crippen molar-refractivity contribution in [2.45, 2.75) is 32.9 Å². The Morgan fingerprint density at radius 3 is 2.05 bits per heavy atom. The molecule has 2 unspecified atom stereocenters. The summed E-state index contributed by atoms with van der Waals surface area (Å²) in [6, 6.07) is 4.66. The monoisotopic (exact) mass is 313 g/mol. The number of hydrogen-bond acceptors (Lipinski definition) is 5. The molecule has 1 aromatic rings. The quantitative estimate of drug-likeness (QED) is 0.755. The third kappa shape index (κ3) is 5.00. The van der Waals surface area contributed by atoms with E-state index in [1.807, 2.05) is 23.9 Å². The van der Waals surface area contributed by atoms with E-state index in [1.165, 1.54) is 0 Å². The second-order valence-electron chi connectivity index (χ2n) is 4.91. The van der Waals surface area contributed by atoms with Crippen LogP contribution in [0.4, 0.5) is 0 Å². The third-order valence-corrected chi connectivity index (χ3v) is 4.44. The molecular formula is C16H27NO3S. The van der Waals surface area contributed by atoms with E-state index in [0.717, 1.165) is 17.1 Å². The van der Waals surface area contributed by atoms with Crippen molar-refractivity contribution in [3.8, 4) is 17.2 Å². The third-order valence-electron chi connectivity index (χ3n) is 3.29. The molecule has 2 atom stereocenters. The van der Waals surface area contributed by atoms with Crippen LogP contribution in [0, 0.1) is 0 Å². The van der Waals surface area contributed by atoms with E-state index < -0.39 is 0 Å². The van der Waals surface area contributed by atoms with E-state index in [1.54, 1.807) is 21.3 Å². The molecule has 0 aliphatic carbocycles. The van der Waals surface area contributed by atoms with Gasteiger partial charge in [0.25, 0.3) is 0 Å². The standard InChI is InChI=1S/C16H27NO3S/c1-7-21-10-11(2)17-12(3)13-8-14(18-4)16(20-6)15(9-13)19-5/h8-9,11-12,17H,7,10H2,1-6H3. The van der Waals surface area contributed by atoms with Gasteiger partial charge in [0.1, 0.15) is 0 Å². The normalized spacial score (nSPS) is 13.6. The Bertz CT molecular complexity index is 415. The van der Waals surface area contributed by atoms with Crippen molar-refractivity contribution >= 4 is 11.8 Å². The largest absolute Gasteiger partial charge is 0.493 e. The van der Waals surface area contributed by atoms with Gasteiger partial charge in [0.2, 0.25) is 5.75 Å². The number of methoxy groups -OCH3 is 3. The average molecular weight is 313 g/mol. The zero-order chi connectivity index (χ0) is 15.8. The molecule has 0 saturated carbocycles. The Hall–Kier alpha value is -1.07. The van der Waals surface area contributed by atoms with Crippen LogP contribution in [0.25, 0.3) is 0 Å². The zero-order valence-electron chi connectivity index (χ0n) is 13.9. The SMILES string of the molecule is CCSCC(C)NC(C)c1cc(OC)c(OC)c(OC)c1. The maximum absolute atomic E-state index is 5.40. The van der Waals surface area contributed by atoms with Crippen LogP contribution in [0.3, 0.4) is 0 Å². The Kier molecular flexibility index (Phi) is 7.75. The second-order valence-corrected chi connectivity index (χ2v) is 6.23. The highest BCUT2D eigenvalue weighted by Gasteiger charge is 2.17. The Morgan fingerprint density at radius 2 is 1.62 bits per heavy atom. The Morgan fingerprint density at radius 1 is 1.05 bits per heavy atom. The lowest BCUT2D eigenvalue weighted by atomic mass is 10.1. The van der Waals surface area contributed by atoms with Crippen LogP contribution in [0.5, 0.6) is 17.2 Å². The van der Waals surface area contributed by atoms with Gasteiger partial charge >= 0.3 is 0 Å². The molecule has 0 spiro atoms. The summed E-state index contributed by atoms with van der Waals surface area (Å²) in [5, 5.41) is 3.60. The van der Waals surface area contributed by atoms with Crippen LogP contribution in [-0.4, -0.2) is 38.9 Å². The van der Waals surface area contributed by atoms with Crippen LogP contribution in [-0.2, 0) is 0 Å². The molecular weight excluding hydrogens is 286 g/mol. The molecule has 0 amide bonds. The summed E-state index contributed by atoms with van der Waals surface area (Å²) in [6.45, 7) is 6.53. The van der Waals surface area contributed by atoms with Gasteiger partial charge in [0.05, 0.1) is 21.3 Å². The van der Waals surface area contributed by atoms with Crippen LogP contribution >= 0.6 is 11.8 Å². The van der Waals surface area contributed by atoms with Crippen molar-refractivity contribution in [3.63, 3.8) is 0 Å². The van der Waals surface area contributed by atoms with Crippen molar-refractivity contribution < 1.29 is 14.2 Å². The highest BCUT2D eigenvalue weighted by molar-refractivity contribution is 7.99. The van der Waals surface area contributed by atoms with Gasteiger partial charge in [-0.15, -0.1) is 0 Å². The van der Waals surface area contributed by atoms with Gasteiger partial charge < -0.3 is 19.5 Å². The van der Waals surface area contributed by atoms with Gasteiger partial charge in [-0.2, -0.15) is 11.8 Å². The van der Waals surface area contributed by atoms with E-state index in [4.69, 9.17) is 14.2 Å². The highest BCUT2D eigenvalue weighted by Crippen LogP contribution is 2.39. The Balaban J connectivity index is 2.91. The van der Waals surface area contributed by atoms with Gasteiger partial charge in [-0.05, 0) is 37.3 Å². The lowest BCUT2D eigenvalue weighted by Gasteiger charge is -2.22. The molecule has 0 aromatic heterocycles. The zero-order valence-corrected chi connectivity index (χ0v) is 14.7. The first kappa shape index (κ1) is 18.0. The first-order valence-corrected chi connectivity index (χ1v) is 8.36. The van der Waals surface area contributed by atoms with Crippen molar-refractivity contribution in [1.29, 1.82) is 0 Å². The number of thioether (sulfide) groups is 1. The van der Waals surface area contributed by atoms with E-state index in [9.17, 15) is 0 Å². The summed E-state index contributed by atoms with van der Waals surface area (Å²) in [7, 11) is 4.89. The summed E-state index contributed by atoms with van der Waals surface area (Å²) in [5.74, 6) is 4.26. The number of hydrogen-bond donors (Lipinski definition) is 1. The highest BCUT2D eigenvalue weighted by atomic mass is 32.2. The summed E-state index contributed by atoms with van der Waals surface area (Å²) in [4.78, 5) is 0. The molecule has 5 heteroatoms. The molecule has 4 nitrogen and oxygen atoms in total. The Labute approximate surface area is 132 Å². The molecule has 0 radical (unpaired) electrons. The van der Waals surface area contributed by atoms with Gasteiger partial charge in [-0.1, -0.05) is 6.92 Å². The van der Waals surface area contributed by atoms with E-state index in [2.05, 4.69) is 26.1 Å². The van der Waals surface area contributed by atoms with Gasteiger partial charge in [-0.25, -0.2) is 0 Å². The summed E-state index contributed by atoms with van der Waals surface area (Å²) in [5.41, 5.74) is 1.12. The molecule has 0 fully saturated rings. The van der Waals surface area contributed by atoms with Crippen molar-refractivity contribution in [1.82, 2.24) is 5.32 Å². The molecule has 0 bridgehead atoms.